The van der Waals surface area contributed by atoms with E-state index in [2.05, 4.69) is 15.9 Å². The van der Waals surface area contributed by atoms with Crippen molar-refractivity contribution in [3.8, 4) is 5.75 Å². The third-order valence-corrected chi connectivity index (χ3v) is 3.67. The molecule has 2 N–H and O–H groups in total. The Morgan fingerprint density at radius 1 is 1.61 bits per heavy atom. The molecule has 0 bridgehead atoms. The number of halogens is 2. The summed E-state index contributed by atoms with van der Waals surface area (Å²) < 4.78 is 6.11. The topological polar surface area (TPSA) is 55.6 Å². The predicted octanol–water partition coefficient (Wildman–Crippen LogP) is 2.68. The van der Waals surface area contributed by atoms with Crippen LogP contribution in [0.2, 0.25) is 5.02 Å². The summed E-state index contributed by atoms with van der Waals surface area (Å²) >= 11 is 9.16. The van der Waals surface area contributed by atoms with Crippen LogP contribution in [0.4, 0.5) is 5.69 Å². The molecule has 1 aliphatic carbocycles. The van der Waals surface area contributed by atoms with E-state index in [9.17, 15) is 4.79 Å². The molecule has 0 atom stereocenters. The molecule has 1 aliphatic rings. The van der Waals surface area contributed by atoms with Gasteiger partial charge in [-0.2, -0.15) is 0 Å². The highest BCUT2D eigenvalue weighted by Crippen LogP contribution is 2.34. The monoisotopic (exact) mass is 332 g/mol. The smallest absolute Gasteiger partial charge is 0.260 e. The largest absolute Gasteiger partial charge is 0.480 e. The number of hydrogen-bond acceptors (Lipinski definition) is 3. The summed E-state index contributed by atoms with van der Waals surface area (Å²) in [5, 5.41) is 0.521. The molecule has 1 fully saturated rings. The Balaban J connectivity index is 1.99. The number of benzene rings is 1. The van der Waals surface area contributed by atoms with Crippen molar-refractivity contribution in [2.75, 3.05) is 19.4 Å². The van der Waals surface area contributed by atoms with Crippen LogP contribution in [0.5, 0.6) is 5.75 Å². The quantitative estimate of drug-likeness (QED) is 0.862. The molecule has 4 nitrogen and oxygen atoms in total. The fourth-order valence-corrected chi connectivity index (χ4v) is 2.58. The van der Waals surface area contributed by atoms with Crippen LogP contribution in [-0.4, -0.2) is 30.5 Å². The second-order valence-corrected chi connectivity index (χ2v) is 5.62. The minimum atomic E-state index is -0.0428. The van der Waals surface area contributed by atoms with Crippen molar-refractivity contribution in [1.82, 2.24) is 4.90 Å². The molecule has 0 saturated heterocycles. The molecule has 1 saturated carbocycles. The molecule has 0 aliphatic heterocycles. The van der Waals surface area contributed by atoms with E-state index in [0.717, 1.165) is 12.8 Å². The van der Waals surface area contributed by atoms with Gasteiger partial charge in [-0.3, -0.25) is 4.79 Å². The number of likely N-dealkylation sites (N-methyl/N-ethyl adjacent to an activating group) is 1. The van der Waals surface area contributed by atoms with E-state index < -0.39 is 0 Å². The first kappa shape index (κ1) is 13.5. The number of carbonyl (C=O) groups excluding carboxylic acids is 1. The van der Waals surface area contributed by atoms with E-state index in [0.29, 0.717) is 27.0 Å². The van der Waals surface area contributed by atoms with Crippen LogP contribution < -0.4 is 10.5 Å². The average Bonchev–Trinajstić information content (AvgIpc) is 3.09. The lowest BCUT2D eigenvalue weighted by molar-refractivity contribution is -0.132. The van der Waals surface area contributed by atoms with Gasteiger partial charge in [-0.15, -0.1) is 0 Å². The number of amides is 1. The Labute approximate surface area is 119 Å². The number of anilines is 1. The standard InChI is InChI=1S/C12H14BrClN2O2/c1-16(8-2-3-8)11(17)6-18-12-9(13)4-7(14)5-10(12)15/h4-5,8H,2-3,6,15H2,1H3. The van der Waals surface area contributed by atoms with E-state index in [-0.39, 0.29) is 12.5 Å². The van der Waals surface area contributed by atoms with Crippen molar-refractivity contribution < 1.29 is 9.53 Å². The van der Waals surface area contributed by atoms with Crippen molar-refractivity contribution in [1.29, 1.82) is 0 Å². The molecule has 98 valence electrons. The number of carbonyl (C=O) groups is 1. The van der Waals surface area contributed by atoms with Crippen molar-refractivity contribution in [3.05, 3.63) is 21.6 Å². The average molecular weight is 334 g/mol. The number of nitrogen functional groups attached to an aromatic ring is 1. The van der Waals surface area contributed by atoms with Crippen LogP contribution >= 0.6 is 27.5 Å². The van der Waals surface area contributed by atoms with E-state index in [1.165, 1.54) is 0 Å². The van der Waals surface area contributed by atoms with Gasteiger partial charge in [0, 0.05) is 18.1 Å². The zero-order chi connectivity index (χ0) is 13.3. The van der Waals surface area contributed by atoms with Crippen LogP contribution in [0, 0.1) is 0 Å². The van der Waals surface area contributed by atoms with Crippen molar-refractivity contribution in [3.63, 3.8) is 0 Å². The van der Waals surface area contributed by atoms with Crippen molar-refractivity contribution in [2.24, 2.45) is 0 Å². The minimum absolute atomic E-state index is 0.0164. The van der Waals surface area contributed by atoms with E-state index >= 15 is 0 Å². The molecule has 0 spiro atoms. The zero-order valence-corrected chi connectivity index (χ0v) is 12.3. The van der Waals surface area contributed by atoms with Gasteiger partial charge in [0.05, 0.1) is 10.2 Å². The van der Waals surface area contributed by atoms with Crippen molar-refractivity contribution >= 4 is 39.1 Å². The Bertz CT molecular complexity index is 454. The first-order valence-corrected chi connectivity index (χ1v) is 6.79. The number of rotatable bonds is 4. The third-order valence-electron chi connectivity index (χ3n) is 2.87. The van der Waals surface area contributed by atoms with Gasteiger partial charge >= 0.3 is 0 Å². The molecule has 1 aromatic carbocycles. The van der Waals surface area contributed by atoms with Gasteiger partial charge in [-0.05, 0) is 40.9 Å². The summed E-state index contributed by atoms with van der Waals surface area (Å²) in [5.74, 6) is 0.413. The highest BCUT2D eigenvalue weighted by atomic mass is 79.9. The van der Waals surface area contributed by atoms with Gasteiger partial charge in [-0.25, -0.2) is 0 Å². The molecular formula is C12H14BrClN2O2. The SMILES string of the molecule is CN(C(=O)COc1c(N)cc(Cl)cc1Br)C1CC1. The highest BCUT2D eigenvalue weighted by molar-refractivity contribution is 9.10. The van der Waals surface area contributed by atoms with Crippen molar-refractivity contribution in [2.45, 2.75) is 18.9 Å². The normalized spacial score (nSPS) is 14.4. The second-order valence-electron chi connectivity index (χ2n) is 4.33. The first-order chi connectivity index (χ1) is 8.49. The summed E-state index contributed by atoms with van der Waals surface area (Å²) in [4.78, 5) is 13.5. The summed E-state index contributed by atoms with van der Waals surface area (Å²) in [6, 6.07) is 3.66. The van der Waals surface area contributed by atoms with Crippen LogP contribution in [0.3, 0.4) is 0 Å². The maximum absolute atomic E-state index is 11.8. The maximum Gasteiger partial charge on any atom is 0.260 e. The third kappa shape index (κ3) is 3.09. The first-order valence-electron chi connectivity index (χ1n) is 5.62. The number of ether oxygens (including phenoxy) is 1. The van der Waals surface area contributed by atoms with Gasteiger partial charge in [0.25, 0.3) is 5.91 Å². The zero-order valence-electron chi connectivity index (χ0n) is 9.95. The van der Waals surface area contributed by atoms with Gasteiger partial charge in [0.15, 0.2) is 12.4 Å². The van der Waals surface area contributed by atoms with Crippen LogP contribution in [0.25, 0.3) is 0 Å². The molecule has 2 rings (SSSR count). The lowest BCUT2D eigenvalue weighted by Gasteiger charge is -2.17. The maximum atomic E-state index is 11.8. The molecule has 0 radical (unpaired) electrons. The fourth-order valence-electron chi connectivity index (χ4n) is 1.63. The predicted molar refractivity (Wildman–Crippen MR) is 74.9 cm³/mol. The molecule has 1 aromatic rings. The Hall–Kier alpha value is -0.940. The second kappa shape index (κ2) is 5.36. The van der Waals surface area contributed by atoms with Crippen LogP contribution in [0.15, 0.2) is 16.6 Å². The molecule has 0 aromatic heterocycles. The summed E-state index contributed by atoms with van der Waals surface area (Å²) in [6.45, 7) is -0.0164. The molecule has 18 heavy (non-hydrogen) atoms. The van der Waals surface area contributed by atoms with Gasteiger partial charge in [-0.1, -0.05) is 11.6 Å². The highest BCUT2D eigenvalue weighted by Gasteiger charge is 2.29. The summed E-state index contributed by atoms with van der Waals surface area (Å²) in [5.41, 5.74) is 6.21. The summed E-state index contributed by atoms with van der Waals surface area (Å²) in [6.07, 6.45) is 2.16. The fraction of sp³-hybridized carbons (Fsp3) is 0.417. The lowest BCUT2D eigenvalue weighted by atomic mass is 10.3. The Kier molecular flexibility index (Phi) is 4.02. The molecule has 0 heterocycles. The minimum Gasteiger partial charge on any atom is -0.480 e. The number of nitrogens with two attached hydrogens (primary N) is 1. The van der Waals surface area contributed by atoms with E-state index in [1.54, 1.807) is 24.1 Å². The summed E-state index contributed by atoms with van der Waals surface area (Å²) in [7, 11) is 1.80. The van der Waals surface area contributed by atoms with E-state index in [1.807, 2.05) is 0 Å². The molecule has 0 unspecified atom stereocenters. The molecular weight excluding hydrogens is 320 g/mol. The Morgan fingerprint density at radius 3 is 2.83 bits per heavy atom. The Morgan fingerprint density at radius 2 is 2.28 bits per heavy atom. The number of nitrogens with zero attached hydrogens (tertiary/aromatic N) is 1. The van der Waals surface area contributed by atoms with Gasteiger partial charge in [0.1, 0.15) is 0 Å². The van der Waals surface area contributed by atoms with Gasteiger partial charge < -0.3 is 15.4 Å². The molecule has 1 amide bonds. The lowest BCUT2D eigenvalue weighted by Crippen LogP contribution is -2.33. The van der Waals surface area contributed by atoms with Crippen LogP contribution in [0.1, 0.15) is 12.8 Å². The van der Waals surface area contributed by atoms with Gasteiger partial charge in [0.2, 0.25) is 0 Å². The molecule has 6 heteroatoms. The number of hydrogen-bond donors (Lipinski definition) is 1. The van der Waals surface area contributed by atoms with E-state index in [4.69, 9.17) is 22.1 Å². The van der Waals surface area contributed by atoms with Crippen LogP contribution in [-0.2, 0) is 4.79 Å².